The van der Waals surface area contributed by atoms with E-state index in [1.165, 1.54) is 104 Å². The quantitative estimate of drug-likeness (QED) is 0.0128. The first-order valence-corrected chi connectivity index (χ1v) is 27.2. The lowest BCUT2D eigenvalue weighted by Crippen LogP contribution is -2.14. The predicted molar refractivity (Wildman–Crippen MR) is 334 cm³/mol. The molecule has 0 saturated carbocycles. The fourth-order valence-electron chi connectivity index (χ4n) is 7.61. The number of ether oxygens (including phenoxy) is 7. The summed E-state index contributed by atoms with van der Waals surface area (Å²) in [6, 6.07) is 31.3. The normalized spacial score (nSPS) is 10.2. The summed E-state index contributed by atoms with van der Waals surface area (Å²) in [5, 5.41) is 50.9. The number of halogens is 1. The largest absolute Gasteiger partial charge is 0.508 e. The van der Waals surface area contributed by atoms with Gasteiger partial charge in [-0.3, -0.25) is 29.4 Å². The molecule has 0 radical (unpaired) electrons. The lowest BCUT2D eigenvalue weighted by Gasteiger charge is -2.14. The van der Waals surface area contributed by atoms with Crippen molar-refractivity contribution in [2.75, 3.05) is 54.8 Å². The number of anilines is 1. The van der Waals surface area contributed by atoms with Crippen molar-refractivity contribution in [1.82, 2.24) is 34.7 Å². The van der Waals surface area contributed by atoms with Gasteiger partial charge in [-0.15, -0.1) is 11.6 Å². The average Bonchev–Trinajstić information content (AvgIpc) is 2.22. The number of nitrogens with zero attached hydrogens (tertiary/aromatic N) is 8. The van der Waals surface area contributed by atoms with Crippen molar-refractivity contribution in [3.05, 3.63) is 180 Å². The van der Waals surface area contributed by atoms with Crippen LogP contribution < -0.4 is 24.7 Å². The van der Waals surface area contributed by atoms with E-state index in [1.807, 2.05) is 41.1 Å². The summed E-state index contributed by atoms with van der Waals surface area (Å²) in [5.41, 5.74) is 13.4. The smallest absolute Gasteiger partial charge is 0.310 e. The SMILES string of the molecule is CC(C)n1nccc1-c1ncccc1COc1ccc2ncoc2c1C=O.CCl.COC(OC)OC.COc1ccc(N)c(O)c1.COc1ccc([N+](=O)[O-])c(O)c1.COc1ccc2ncoc2c1.O=Cc1c(O)ccc2ncoc12.Oc1ccc2ncoc2c1. The number of fused-ring (bicyclic) bond motifs is 4. The van der Waals surface area contributed by atoms with Crippen molar-refractivity contribution in [3.63, 3.8) is 0 Å². The van der Waals surface area contributed by atoms with Gasteiger partial charge in [-0.2, -0.15) is 5.10 Å². The Morgan fingerprint density at radius 1 is 0.593 bits per heavy atom. The maximum absolute atomic E-state index is 11.5. The van der Waals surface area contributed by atoms with Crippen LogP contribution in [0.5, 0.6) is 46.0 Å². The maximum atomic E-state index is 11.5. The number of nitrogen functional groups attached to an aromatic ring is 1. The number of methoxy groups -OCH3 is 6. The number of aldehydes is 2. The predicted octanol–water partition coefficient (Wildman–Crippen LogP) is 12.1. The Morgan fingerprint density at radius 2 is 1.11 bits per heavy atom. The van der Waals surface area contributed by atoms with Crippen LogP contribution in [0.25, 0.3) is 55.8 Å². The highest BCUT2D eigenvalue weighted by molar-refractivity contribution is 6.15. The highest BCUT2D eigenvalue weighted by atomic mass is 35.5. The lowest BCUT2D eigenvalue weighted by atomic mass is 10.1. The lowest BCUT2D eigenvalue weighted by molar-refractivity contribution is -0.385. The van der Waals surface area contributed by atoms with Crippen molar-refractivity contribution in [2.24, 2.45) is 0 Å². The number of nitro groups is 1. The van der Waals surface area contributed by atoms with Gasteiger partial charge in [0.1, 0.15) is 80.0 Å². The number of carbonyl (C=O) groups is 2. The first-order chi connectivity index (χ1) is 44.0. The number of carbonyl (C=O) groups excluding carboxylic acids is 2. The second kappa shape index (κ2) is 36.1. The monoisotopic (exact) mass is 1270 g/mol. The number of oxazole rings is 4. The molecule has 0 spiro atoms. The van der Waals surface area contributed by atoms with E-state index in [9.17, 15) is 24.8 Å². The van der Waals surface area contributed by atoms with Gasteiger partial charge in [-0.05, 0) is 92.7 Å². The molecule has 0 aliphatic rings. The third-order valence-corrected chi connectivity index (χ3v) is 12.0. The van der Waals surface area contributed by atoms with Gasteiger partial charge >= 0.3 is 5.69 Å². The van der Waals surface area contributed by atoms with Crippen molar-refractivity contribution in [1.29, 1.82) is 0 Å². The molecule has 0 fully saturated rings. The van der Waals surface area contributed by atoms with Gasteiger partial charge in [-0.25, -0.2) is 19.9 Å². The van der Waals surface area contributed by atoms with Crippen molar-refractivity contribution < 1.29 is 85.8 Å². The number of nitro benzene ring substituents is 1. The number of aromatic nitrogens is 7. The highest BCUT2D eigenvalue weighted by Crippen LogP contribution is 2.32. The molecule has 28 nitrogen and oxygen atoms in total. The first-order valence-electron chi connectivity index (χ1n) is 26.4. The number of aromatic hydroxyl groups is 4. The summed E-state index contributed by atoms with van der Waals surface area (Å²) < 4.78 is 56.5. The van der Waals surface area contributed by atoms with Gasteiger partial charge in [-0.1, -0.05) is 6.07 Å². The van der Waals surface area contributed by atoms with Gasteiger partial charge in [0.05, 0.1) is 43.3 Å². The van der Waals surface area contributed by atoms with Crippen LogP contribution in [0, 0.1) is 10.1 Å². The van der Waals surface area contributed by atoms with Gasteiger partial charge in [0.15, 0.2) is 66.2 Å². The standard InChI is InChI=1S/C20H18N4O3.C8H5NO3.C8H7NO2.C7H7NO4.C7H5NO2.C7H9NO2.C4H10O3.CH3Cl/c1-13(2)24-17(7-9-23-24)19-14(4-3-8-21-19)11-26-18-6-5-16-20(15(18)10-25)27-12-22-16;10-3-5-7(11)2-1-6-8(5)12-4-9-6;1-10-6-2-3-7-8(4-6)11-5-9-7;1-12-5-2-3-6(8(10)11)7(9)4-5;9-5-1-2-6-7(3-5)10-4-8-6;1-10-5-2-3-6(8)7(9)4-5;1-5-4(6-2)7-3;1-2/h3-10,12-13H,11H2,1-2H3;1-4,11H;2-5H,1H3;2-4,9H,1H3;1-4,9H;2-4,9H,8H2,1H3;4H,1-3H3;1H3. The van der Waals surface area contributed by atoms with E-state index >= 15 is 0 Å². The highest BCUT2D eigenvalue weighted by Gasteiger charge is 2.17. The molecule has 29 heteroatoms. The van der Waals surface area contributed by atoms with E-state index in [2.05, 4.69) is 69.7 Å². The summed E-state index contributed by atoms with van der Waals surface area (Å²) in [4.78, 5) is 51.9. The molecular weight excluding hydrogens is 1210 g/mol. The molecular formula is C62H64ClN9O19. The summed E-state index contributed by atoms with van der Waals surface area (Å²) in [5.74, 6) is 2.00. The first kappa shape index (κ1) is 70.4. The zero-order valence-corrected chi connectivity index (χ0v) is 51.2. The number of pyridine rings is 1. The molecule has 12 rings (SSSR count). The van der Waals surface area contributed by atoms with Gasteiger partial charge in [0.2, 0.25) is 0 Å². The summed E-state index contributed by atoms with van der Waals surface area (Å²) >= 11 is 4.64. The van der Waals surface area contributed by atoms with E-state index < -0.39 is 11.4 Å². The molecule has 0 atom stereocenters. The fraction of sp³-hybridized carbons (Fsp3) is 0.194. The van der Waals surface area contributed by atoms with Crippen LogP contribution in [0.15, 0.2) is 171 Å². The number of hydrogen-bond acceptors (Lipinski definition) is 26. The molecule has 6 aromatic heterocycles. The second-order valence-corrected chi connectivity index (χ2v) is 17.9. The average molecular weight is 1270 g/mol. The number of alkyl halides is 1. The van der Waals surface area contributed by atoms with E-state index in [-0.39, 0.29) is 46.9 Å². The van der Waals surface area contributed by atoms with Gasteiger partial charge in [0.25, 0.3) is 6.48 Å². The summed E-state index contributed by atoms with van der Waals surface area (Å²) in [6.07, 6.45) is 11.6. The molecule has 6 aromatic carbocycles. The topological polar surface area (TPSA) is 384 Å². The Hall–Kier alpha value is -11.3. The molecule has 6 heterocycles. The number of phenols is 4. The van der Waals surface area contributed by atoms with Crippen LogP contribution in [0.3, 0.4) is 0 Å². The van der Waals surface area contributed by atoms with Crippen LogP contribution in [0.4, 0.5) is 11.4 Å². The molecule has 0 saturated heterocycles. The molecule has 478 valence electrons. The number of rotatable bonds is 14. The Labute approximate surface area is 523 Å². The fourth-order valence-corrected chi connectivity index (χ4v) is 7.61. The minimum absolute atomic E-state index is 0.0550. The molecule has 12 aromatic rings. The van der Waals surface area contributed by atoms with Crippen molar-refractivity contribution >= 4 is 79.9 Å². The van der Waals surface area contributed by atoms with E-state index in [1.54, 1.807) is 62.0 Å². The molecule has 0 aliphatic heterocycles. The van der Waals surface area contributed by atoms with Crippen LogP contribution in [-0.4, -0.2) is 128 Å². The third-order valence-electron chi connectivity index (χ3n) is 12.0. The second-order valence-electron chi connectivity index (χ2n) is 17.9. The minimum Gasteiger partial charge on any atom is -0.508 e. The van der Waals surface area contributed by atoms with E-state index in [0.717, 1.165) is 45.6 Å². The van der Waals surface area contributed by atoms with E-state index in [0.29, 0.717) is 62.6 Å². The molecule has 0 amide bonds. The summed E-state index contributed by atoms with van der Waals surface area (Å²) in [7, 11) is 9.11. The van der Waals surface area contributed by atoms with Crippen LogP contribution in [0.1, 0.15) is 46.2 Å². The maximum Gasteiger partial charge on any atom is 0.310 e. The van der Waals surface area contributed by atoms with Crippen molar-refractivity contribution in [3.8, 4) is 57.4 Å². The van der Waals surface area contributed by atoms with Crippen molar-refractivity contribution in [2.45, 2.75) is 33.0 Å². The van der Waals surface area contributed by atoms with Crippen LogP contribution >= 0.6 is 11.6 Å². The number of hydrogen-bond donors (Lipinski definition) is 5. The third kappa shape index (κ3) is 19.8. The number of nitrogens with two attached hydrogens (primary N) is 1. The van der Waals surface area contributed by atoms with Gasteiger partial charge < -0.3 is 77.0 Å². The van der Waals surface area contributed by atoms with E-state index in [4.69, 9.17) is 57.7 Å². The zero-order valence-electron chi connectivity index (χ0n) is 50.4. The summed E-state index contributed by atoms with van der Waals surface area (Å²) in [6.45, 7) is 3.88. The van der Waals surface area contributed by atoms with Gasteiger partial charge in [0, 0.05) is 82.0 Å². The minimum atomic E-state index is -0.658. The Bertz CT molecular complexity index is 4190. The molecule has 6 N–H and O–H groups in total. The Kier molecular flexibility index (Phi) is 27.9. The molecule has 0 unspecified atom stereocenters. The Morgan fingerprint density at radius 3 is 1.66 bits per heavy atom. The molecule has 0 aliphatic carbocycles. The zero-order chi connectivity index (χ0) is 66.4. The molecule has 0 bridgehead atoms. The molecule has 91 heavy (non-hydrogen) atoms. The van der Waals surface area contributed by atoms with Crippen LogP contribution in [0.2, 0.25) is 0 Å². The van der Waals surface area contributed by atoms with Crippen LogP contribution in [-0.2, 0) is 20.8 Å². The Balaban J connectivity index is 0.000000202. The number of phenolic OH excluding ortho intramolecular Hbond substituents is 4. The number of benzene rings is 6.